The van der Waals surface area contributed by atoms with Gasteiger partial charge in [0.2, 0.25) is 0 Å². The van der Waals surface area contributed by atoms with Gasteiger partial charge in [0.05, 0.1) is 23.6 Å². The van der Waals surface area contributed by atoms with Crippen LogP contribution in [0.25, 0.3) is 11.0 Å². The van der Waals surface area contributed by atoms with Crippen molar-refractivity contribution in [2.75, 3.05) is 0 Å². The Hall–Kier alpha value is -1.21. The van der Waals surface area contributed by atoms with E-state index in [-0.39, 0.29) is 29.8 Å². The summed E-state index contributed by atoms with van der Waals surface area (Å²) in [7, 11) is 0. The van der Waals surface area contributed by atoms with E-state index in [2.05, 4.69) is 14.5 Å². The van der Waals surface area contributed by atoms with Gasteiger partial charge >= 0.3 is 0 Å². The van der Waals surface area contributed by atoms with Gasteiger partial charge in [0.15, 0.2) is 5.79 Å². The Morgan fingerprint density at radius 1 is 1.31 bits per heavy atom. The largest absolute Gasteiger partial charge is 0.392 e. The molecule has 1 saturated heterocycles. The Balaban J connectivity index is 1.47. The monoisotopic (exact) mass is 375 g/mol. The molecule has 138 valence electrons. The lowest BCUT2D eigenvalue weighted by atomic mass is 9.89. The first-order valence-corrected chi connectivity index (χ1v) is 9.81. The molecule has 0 amide bonds. The van der Waals surface area contributed by atoms with Crippen LogP contribution in [-0.2, 0) is 9.47 Å². The third-order valence-corrected chi connectivity index (χ3v) is 7.21. The molecule has 0 radical (unpaired) electrons. The average molecular weight is 376 g/mol. The molecule has 3 heterocycles. The van der Waals surface area contributed by atoms with Gasteiger partial charge < -0.3 is 19.1 Å². The second-order valence-corrected chi connectivity index (χ2v) is 9.20. The summed E-state index contributed by atoms with van der Waals surface area (Å²) in [4.78, 5) is 8.56. The van der Waals surface area contributed by atoms with E-state index in [4.69, 9.17) is 21.1 Å². The molecule has 6 atom stereocenters. The van der Waals surface area contributed by atoms with Crippen LogP contribution in [0.3, 0.4) is 0 Å². The van der Waals surface area contributed by atoms with Crippen molar-refractivity contribution >= 4 is 22.6 Å². The van der Waals surface area contributed by atoms with Crippen LogP contribution >= 0.6 is 11.6 Å². The lowest BCUT2D eigenvalue weighted by molar-refractivity contribution is -0.167. The summed E-state index contributed by atoms with van der Waals surface area (Å²) in [5.74, 6) is 0.130. The standard InChI is InChI=1S/C19H22ClN3O3/c1-18(2)25-13-12(23-6-5-10-16(20)21-8-22-17(10)23)11-7-19(11,15(13)26-18)14(24)9-3-4-9/h5-6,8-9,11-15,24H,3-4,7H2,1-2H3/t11-,12-,13+,14-,15+,19-/m1/s1. The van der Waals surface area contributed by atoms with E-state index in [1.54, 1.807) is 0 Å². The van der Waals surface area contributed by atoms with Crippen LogP contribution < -0.4 is 0 Å². The van der Waals surface area contributed by atoms with Crippen molar-refractivity contribution < 1.29 is 14.6 Å². The normalized spacial score (nSPS) is 41.2. The van der Waals surface area contributed by atoms with E-state index >= 15 is 0 Å². The summed E-state index contributed by atoms with van der Waals surface area (Å²) in [6.45, 7) is 3.92. The quantitative estimate of drug-likeness (QED) is 0.835. The first kappa shape index (κ1) is 15.8. The lowest BCUT2D eigenvalue weighted by Gasteiger charge is -2.27. The highest BCUT2D eigenvalue weighted by Crippen LogP contribution is 2.74. The van der Waals surface area contributed by atoms with Crippen LogP contribution in [0, 0.1) is 17.3 Å². The fourth-order valence-electron chi connectivity index (χ4n) is 5.66. The van der Waals surface area contributed by atoms with Crippen molar-refractivity contribution in [2.24, 2.45) is 17.3 Å². The molecule has 3 saturated carbocycles. The van der Waals surface area contributed by atoms with Crippen molar-refractivity contribution in [1.29, 1.82) is 0 Å². The van der Waals surface area contributed by atoms with Crippen molar-refractivity contribution in [1.82, 2.24) is 14.5 Å². The summed E-state index contributed by atoms with van der Waals surface area (Å²) < 4.78 is 14.8. The number of rotatable bonds is 3. The molecular formula is C19H22ClN3O3. The van der Waals surface area contributed by atoms with E-state index in [9.17, 15) is 5.11 Å². The lowest BCUT2D eigenvalue weighted by Crippen LogP contribution is -2.39. The molecule has 0 unspecified atom stereocenters. The van der Waals surface area contributed by atoms with Crippen molar-refractivity contribution in [3.8, 4) is 0 Å². The zero-order valence-corrected chi connectivity index (χ0v) is 15.6. The van der Waals surface area contributed by atoms with Crippen molar-refractivity contribution in [3.05, 3.63) is 23.7 Å². The van der Waals surface area contributed by atoms with Gasteiger partial charge in [-0.1, -0.05) is 11.6 Å². The molecule has 2 aromatic rings. The fourth-order valence-corrected chi connectivity index (χ4v) is 5.85. The number of ether oxygens (including phenoxy) is 2. The molecule has 1 N–H and O–H groups in total. The number of nitrogens with zero attached hydrogens (tertiary/aromatic N) is 3. The first-order valence-electron chi connectivity index (χ1n) is 9.43. The summed E-state index contributed by atoms with van der Waals surface area (Å²) >= 11 is 6.25. The van der Waals surface area contributed by atoms with Gasteiger partial charge in [-0.05, 0) is 51.0 Å². The van der Waals surface area contributed by atoms with Crippen LogP contribution in [0.1, 0.15) is 39.2 Å². The summed E-state index contributed by atoms with van der Waals surface area (Å²) in [6, 6.07) is 2.06. The van der Waals surface area contributed by atoms with Crippen LogP contribution in [0.15, 0.2) is 18.6 Å². The van der Waals surface area contributed by atoms with E-state index in [1.807, 2.05) is 26.1 Å². The van der Waals surface area contributed by atoms with Gasteiger partial charge in [0.1, 0.15) is 23.2 Å². The molecule has 6 rings (SSSR count). The Morgan fingerprint density at radius 3 is 2.88 bits per heavy atom. The third-order valence-electron chi connectivity index (χ3n) is 6.91. The highest BCUT2D eigenvalue weighted by atomic mass is 35.5. The van der Waals surface area contributed by atoms with Gasteiger partial charge in [-0.2, -0.15) is 0 Å². The molecule has 2 aromatic heterocycles. The Labute approximate surface area is 156 Å². The molecule has 4 aliphatic rings. The predicted octanol–water partition coefficient (Wildman–Crippen LogP) is 2.94. The Kier molecular flexibility index (Phi) is 2.91. The maximum Gasteiger partial charge on any atom is 0.163 e. The molecule has 1 aliphatic heterocycles. The molecule has 3 aliphatic carbocycles. The maximum absolute atomic E-state index is 11.1. The number of halogens is 1. The zero-order valence-electron chi connectivity index (χ0n) is 14.8. The number of fused-ring (bicyclic) bond motifs is 4. The highest BCUT2D eigenvalue weighted by Gasteiger charge is 2.79. The van der Waals surface area contributed by atoms with E-state index < -0.39 is 5.79 Å². The molecule has 7 heteroatoms. The second kappa shape index (κ2) is 4.79. The highest BCUT2D eigenvalue weighted by molar-refractivity contribution is 6.33. The number of hydrogen-bond donors (Lipinski definition) is 1. The number of hydrogen-bond acceptors (Lipinski definition) is 5. The predicted molar refractivity (Wildman–Crippen MR) is 94.7 cm³/mol. The van der Waals surface area contributed by atoms with Crippen LogP contribution in [0.5, 0.6) is 0 Å². The van der Waals surface area contributed by atoms with E-state index in [0.29, 0.717) is 17.0 Å². The number of aliphatic hydroxyl groups excluding tert-OH is 1. The summed E-state index contributed by atoms with van der Waals surface area (Å²) in [5.41, 5.74) is 0.642. The molecule has 0 bridgehead atoms. The third kappa shape index (κ3) is 1.88. The van der Waals surface area contributed by atoms with Crippen molar-refractivity contribution in [3.63, 3.8) is 0 Å². The molecule has 0 aromatic carbocycles. The first-order chi connectivity index (χ1) is 12.4. The molecule has 6 nitrogen and oxygen atoms in total. The van der Waals surface area contributed by atoms with Gasteiger partial charge in [0, 0.05) is 11.6 Å². The maximum atomic E-state index is 11.1. The average Bonchev–Trinajstić information content (AvgIpc) is 3.47. The molecule has 0 spiro atoms. The second-order valence-electron chi connectivity index (χ2n) is 8.84. The Bertz CT molecular complexity index is 911. The SMILES string of the molecule is CC1(C)O[C@H]2[C@H](n3ccc4c(Cl)ncnc43)[C@H]3C[C@@]3([C@H](O)C3CC3)[C@H]2O1. The minimum atomic E-state index is -0.632. The van der Waals surface area contributed by atoms with Crippen LogP contribution in [0.4, 0.5) is 0 Å². The van der Waals surface area contributed by atoms with Gasteiger partial charge in [-0.3, -0.25) is 0 Å². The van der Waals surface area contributed by atoms with Crippen LogP contribution in [0.2, 0.25) is 5.15 Å². The smallest absolute Gasteiger partial charge is 0.163 e. The van der Waals surface area contributed by atoms with Gasteiger partial charge in [0.25, 0.3) is 0 Å². The molecule has 4 fully saturated rings. The van der Waals surface area contributed by atoms with Crippen molar-refractivity contribution in [2.45, 2.75) is 63.3 Å². The summed E-state index contributed by atoms with van der Waals surface area (Å²) in [5, 5.41) is 12.4. The van der Waals surface area contributed by atoms with Gasteiger partial charge in [-0.15, -0.1) is 0 Å². The number of aliphatic hydroxyl groups is 1. The minimum Gasteiger partial charge on any atom is -0.392 e. The molecular weight excluding hydrogens is 354 g/mol. The van der Waals surface area contributed by atoms with E-state index in [0.717, 1.165) is 30.3 Å². The Morgan fingerprint density at radius 2 is 2.12 bits per heavy atom. The fraction of sp³-hybridized carbons (Fsp3) is 0.684. The minimum absolute atomic E-state index is 0.0714. The topological polar surface area (TPSA) is 69.4 Å². The zero-order chi connectivity index (χ0) is 17.8. The molecule has 26 heavy (non-hydrogen) atoms. The summed E-state index contributed by atoms with van der Waals surface area (Å²) in [6.07, 6.45) is 6.30. The number of aromatic nitrogens is 3. The van der Waals surface area contributed by atoms with E-state index in [1.165, 1.54) is 6.33 Å². The van der Waals surface area contributed by atoms with Gasteiger partial charge in [-0.25, -0.2) is 9.97 Å². The van der Waals surface area contributed by atoms with Crippen LogP contribution in [-0.4, -0.2) is 43.7 Å².